The summed E-state index contributed by atoms with van der Waals surface area (Å²) in [6.07, 6.45) is 0. The average molecular weight is 896 g/mol. The summed E-state index contributed by atoms with van der Waals surface area (Å²) in [6.45, 7) is -1.67. The van der Waals surface area contributed by atoms with Gasteiger partial charge in [-0.2, -0.15) is 52.7 Å². The van der Waals surface area contributed by atoms with E-state index < -0.39 is 75.4 Å². The number of para-hydroxylation sites is 2. The third-order valence-corrected chi connectivity index (χ3v) is 13.4. The molecule has 322 valence electrons. The molecule has 0 atom stereocenters. The molecule has 2 aromatic heterocycles. The van der Waals surface area contributed by atoms with Crippen molar-refractivity contribution in [3.8, 4) is 0 Å². The summed E-state index contributed by atoms with van der Waals surface area (Å²) in [5.74, 6) is -33.7. The fourth-order valence-corrected chi connectivity index (χ4v) is 10.5. The van der Waals surface area contributed by atoms with Gasteiger partial charge in [-0.15, -0.1) is 0 Å². The molecule has 17 heteroatoms. The van der Waals surface area contributed by atoms with Crippen molar-refractivity contribution < 1.29 is 61.5 Å². The highest BCUT2D eigenvalue weighted by atomic mass is 19.4. The summed E-state index contributed by atoms with van der Waals surface area (Å²) in [7, 11) is 0. The number of fused-ring (bicyclic) bond motifs is 12. The average Bonchev–Trinajstić information content (AvgIpc) is 3.91. The van der Waals surface area contributed by atoms with Crippen molar-refractivity contribution in [1.29, 1.82) is 0 Å². The highest BCUT2D eigenvalue weighted by Crippen LogP contribution is 2.66. The Labute approximate surface area is 356 Å². The normalized spacial score (nSPS) is 19.7. The summed E-state index contributed by atoms with van der Waals surface area (Å²) in [5.41, 5.74) is -6.50. The Bertz CT molecular complexity index is 3400. The standard InChI is InChI=1S/C48H21BF12N2O2/c50-43(51)24-18-28-34(20-26(24)45(54,55)47(43,58)59)62(30-10-6-16-38-40(30)22-8-1-3-14-36(22)64-38)32-12-5-13-33-42(32)49(28)29-19-25-27(46(56,57)48(60,61)44(25,52)53)21-35(29)63(33)31-11-7-17-39-41(31)23-9-2-4-15-37(23)65-39/h1-21H. The summed E-state index contributed by atoms with van der Waals surface area (Å²) in [5, 5.41) is 1.80. The number of rotatable bonds is 2. The smallest absolute Gasteiger partial charge is 0.380 e. The Balaban J connectivity index is 1.20. The van der Waals surface area contributed by atoms with Gasteiger partial charge in [0, 0.05) is 55.8 Å². The second-order valence-corrected chi connectivity index (χ2v) is 16.7. The fourth-order valence-electron chi connectivity index (χ4n) is 10.5. The molecule has 0 saturated carbocycles. The Morgan fingerprint density at radius 1 is 0.354 bits per heavy atom. The van der Waals surface area contributed by atoms with Gasteiger partial charge in [0.15, 0.2) is 0 Å². The van der Waals surface area contributed by atoms with Crippen LogP contribution < -0.4 is 26.2 Å². The van der Waals surface area contributed by atoms with Gasteiger partial charge in [0.25, 0.3) is 6.71 Å². The molecule has 0 bridgehead atoms. The van der Waals surface area contributed by atoms with E-state index in [-0.39, 0.29) is 50.8 Å². The van der Waals surface area contributed by atoms with E-state index in [0.29, 0.717) is 57.0 Å². The molecule has 4 heterocycles. The molecule has 13 rings (SSSR count). The maximum absolute atomic E-state index is 15.9. The molecular weight excluding hydrogens is 875 g/mol. The molecule has 2 aliphatic heterocycles. The molecule has 2 aliphatic carbocycles. The first kappa shape index (κ1) is 38.4. The number of furan rings is 2. The molecule has 4 aliphatic rings. The van der Waals surface area contributed by atoms with E-state index in [1.165, 1.54) is 28.0 Å². The Hall–Kier alpha value is -7.04. The predicted molar refractivity (Wildman–Crippen MR) is 220 cm³/mol. The van der Waals surface area contributed by atoms with Gasteiger partial charge in [0.05, 0.1) is 22.1 Å². The van der Waals surface area contributed by atoms with Crippen molar-refractivity contribution in [1.82, 2.24) is 0 Å². The van der Waals surface area contributed by atoms with Gasteiger partial charge in [-0.3, -0.25) is 0 Å². The SMILES string of the molecule is FC1(F)c2cc3c(cc2C(F)(F)C1(F)F)N(c1cccc2oc4ccccc4c12)c1cccc2c1B3c1cc3c(cc1N2c1cccc2oc4ccccc4c12)C(F)(F)C(F)(F)C3(F)F. The van der Waals surface area contributed by atoms with Crippen LogP contribution in [0, 0.1) is 0 Å². The Morgan fingerprint density at radius 3 is 1.11 bits per heavy atom. The Morgan fingerprint density at radius 2 is 0.692 bits per heavy atom. The van der Waals surface area contributed by atoms with Gasteiger partial charge in [-0.25, -0.2) is 0 Å². The van der Waals surface area contributed by atoms with E-state index >= 15 is 52.7 Å². The molecule has 9 aromatic rings. The third-order valence-electron chi connectivity index (χ3n) is 13.4. The van der Waals surface area contributed by atoms with E-state index in [1.54, 1.807) is 84.9 Å². The maximum atomic E-state index is 15.9. The lowest BCUT2D eigenvalue weighted by Gasteiger charge is -2.44. The van der Waals surface area contributed by atoms with Crippen LogP contribution in [0.5, 0.6) is 0 Å². The van der Waals surface area contributed by atoms with E-state index in [4.69, 9.17) is 8.83 Å². The van der Waals surface area contributed by atoms with Gasteiger partial charge in [0.2, 0.25) is 0 Å². The first-order valence-electron chi connectivity index (χ1n) is 20.0. The van der Waals surface area contributed by atoms with Crippen LogP contribution in [0.25, 0.3) is 43.9 Å². The van der Waals surface area contributed by atoms with Crippen LogP contribution in [0.1, 0.15) is 22.3 Å². The van der Waals surface area contributed by atoms with E-state index in [9.17, 15) is 0 Å². The topological polar surface area (TPSA) is 32.8 Å². The lowest BCUT2D eigenvalue weighted by Crippen LogP contribution is -2.61. The van der Waals surface area contributed by atoms with Crippen LogP contribution >= 0.6 is 0 Å². The predicted octanol–water partition coefficient (Wildman–Crippen LogP) is 13.2. The number of hydrogen-bond acceptors (Lipinski definition) is 4. The molecule has 0 unspecified atom stereocenters. The lowest BCUT2D eigenvalue weighted by atomic mass is 9.33. The van der Waals surface area contributed by atoms with Crippen LogP contribution in [0.2, 0.25) is 0 Å². The van der Waals surface area contributed by atoms with E-state index in [0.717, 1.165) is 0 Å². The van der Waals surface area contributed by atoms with Gasteiger partial charge in [-0.05, 0) is 77.1 Å². The number of halogens is 12. The van der Waals surface area contributed by atoms with Crippen molar-refractivity contribution >= 4 is 101 Å². The van der Waals surface area contributed by atoms with Gasteiger partial charge < -0.3 is 18.6 Å². The van der Waals surface area contributed by atoms with Crippen LogP contribution in [0.3, 0.4) is 0 Å². The van der Waals surface area contributed by atoms with Crippen LogP contribution in [-0.4, -0.2) is 18.6 Å². The van der Waals surface area contributed by atoms with E-state index in [1.807, 2.05) is 0 Å². The second-order valence-electron chi connectivity index (χ2n) is 16.7. The second kappa shape index (κ2) is 11.6. The van der Waals surface area contributed by atoms with Crippen molar-refractivity contribution in [2.24, 2.45) is 0 Å². The number of hydrogen-bond donors (Lipinski definition) is 0. The minimum Gasteiger partial charge on any atom is -0.456 e. The number of nitrogens with zero attached hydrogens (tertiary/aromatic N) is 2. The lowest BCUT2D eigenvalue weighted by molar-refractivity contribution is -0.302. The summed E-state index contributed by atoms with van der Waals surface area (Å²) in [6, 6.07) is 29.5. The molecule has 0 fully saturated rings. The zero-order valence-electron chi connectivity index (χ0n) is 32.4. The molecule has 0 spiro atoms. The molecule has 65 heavy (non-hydrogen) atoms. The zero-order chi connectivity index (χ0) is 45.1. The summed E-state index contributed by atoms with van der Waals surface area (Å²) < 4.78 is 201. The van der Waals surface area contributed by atoms with Crippen LogP contribution in [0.15, 0.2) is 136 Å². The maximum Gasteiger partial charge on any atom is 0.380 e. The quantitative estimate of drug-likeness (QED) is 0.128. The minimum absolute atomic E-state index is 0.0849. The molecule has 0 N–H and O–H groups in total. The largest absolute Gasteiger partial charge is 0.456 e. The summed E-state index contributed by atoms with van der Waals surface area (Å²) >= 11 is 0. The van der Waals surface area contributed by atoms with Crippen molar-refractivity contribution in [2.45, 2.75) is 35.5 Å². The Kier molecular flexibility index (Phi) is 6.86. The van der Waals surface area contributed by atoms with Crippen molar-refractivity contribution in [2.75, 3.05) is 9.80 Å². The molecular formula is C48H21BF12N2O2. The van der Waals surface area contributed by atoms with Crippen molar-refractivity contribution in [3.63, 3.8) is 0 Å². The first-order chi connectivity index (χ1) is 30.8. The molecule has 0 amide bonds. The molecule has 4 nitrogen and oxygen atoms in total. The van der Waals surface area contributed by atoms with Gasteiger partial charge in [-0.1, -0.05) is 66.7 Å². The first-order valence-corrected chi connectivity index (χ1v) is 20.0. The number of alkyl halides is 12. The highest BCUT2D eigenvalue weighted by Gasteiger charge is 2.80. The van der Waals surface area contributed by atoms with Crippen LogP contribution in [0.4, 0.5) is 86.8 Å². The number of anilines is 6. The molecule has 0 saturated heterocycles. The monoisotopic (exact) mass is 896 g/mol. The summed E-state index contributed by atoms with van der Waals surface area (Å²) in [4.78, 5) is 2.78. The molecule has 0 radical (unpaired) electrons. The van der Waals surface area contributed by atoms with Gasteiger partial charge in [0.1, 0.15) is 22.3 Å². The zero-order valence-corrected chi connectivity index (χ0v) is 32.4. The molecule has 7 aromatic carbocycles. The van der Waals surface area contributed by atoms with E-state index in [2.05, 4.69) is 0 Å². The fraction of sp³-hybridized carbons (Fsp3) is 0.125. The third kappa shape index (κ3) is 4.26. The van der Waals surface area contributed by atoms with Gasteiger partial charge >= 0.3 is 35.5 Å². The van der Waals surface area contributed by atoms with Crippen LogP contribution in [-0.2, 0) is 23.7 Å². The van der Waals surface area contributed by atoms with Crippen molar-refractivity contribution in [3.05, 3.63) is 150 Å². The highest BCUT2D eigenvalue weighted by molar-refractivity contribution is 7.00. The minimum atomic E-state index is -5.94. The number of benzene rings is 7.